The van der Waals surface area contributed by atoms with Crippen molar-refractivity contribution >= 4 is 27.9 Å². The van der Waals surface area contributed by atoms with Crippen LogP contribution in [0.15, 0.2) is 53.7 Å². The summed E-state index contributed by atoms with van der Waals surface area (Å²) in [5.41, 5.74) is 0. The minimum absolute atomic E-state index is 0.0540. The van der Waals surface area contributed by atoms with E-state index in [4.69, 9.17) is 0 Å². The fourth-order valence-electron chi connectivity index (χ4n) is 3.79. The van der Waals surface area contributed by atoms with E-state index in [-0.39, 0.29) is 34.7 Å². The molecule has 33 heavy (non-hydrogen) atoms. The number of nitrogens with one attached hydrogen (secondary N) is 2. The van der Waals surface area contributed by atoms with E-state index in [1.165, 1.54) is 24.5 Å². The molecule has 0 spiro atoms. The number of hydrogen-bond acceptors (Lipinski definition) is 6. The van der Waals surface area contributed by atoms with Crippen LogP contribution in [0.2, 0.25) is 0 Å². The highest BCUT2D eigenvalue weighted by molar-refractivity contribution is 7.92. The van der Waals surface area contributed by atoms with E-state index in [1.807, 2.05) is 0 Å². The summed E-state index contributed by atoms with van der Waals surface area (Å²) in [5.74, 6) is -0.268. The molecule has 2 heterocycles. The van der Waals surface area contributed by atoms with Crippen molar-refractivity contribution in [3.63, 3.8) is 0 Å². The standard InChI is InChI=1S/C22H28N6O4S/c29-20(27-13-4-6-17(15-27)14-25-22(30)26-18-9-10-18)16-28(21-23-11-5-12-24-21)33(31,32)19-7-2-1-3-8-19/h1-3,5,7-8,11-12,17-18H,4,6,9-10,13-16H2,(H2,25,26,30). The van der Waals surface area contributed by atoms with Crippen molar-refractivity contribution in [1.29, 1.82) is 0 Å². The van der Waals surface area contributed by atoms with Crippen LogP contribution in [0.5, 0.6) is 0 Å². The van der Waals surface area contributed by atoms with Crippen LogP contribution in [0.4, 0.5) is 10.7 Å². The average molecular weight is 473 g/mol. The number of aromatic nitrogens is 2. The number of likely N-dealkylation sites (tertiary alicyclic amines) is 1. The van der Waals surface area contributed by atoms with Crippen molar-refractivity contribution in [1.82, 2.24) is 25.5 Å². The lowest BCUT2D eigenvalue weighted by Gasteiger charge is -2.34. The van der Waals surface area contributed by atoms with Crippen molar-refractivity contribution in [3.8, 4) is 0 Å². The zero-order valence-corrected chi connectivity index (χ0v) is 19.1. The Kier molecular flexibility index (Phi) is 7.07. The second kappa shape index (κ2) is 10.2. The molecule has 11 heteroatoms. The molecule has 176 valence electrons. The fourth-order valence-corrected chi connectivity index (χ4v) is 5.13. The lowest BCUT2D eigenvalue weighted by molar-refractivity contribution is -0.131. The fraction of sp³-hybridized carbons (Fsp3) is 0.455. The normalized spacial score (nSPS) is 18.4. The van der Waals surface area contributed by atoms with Crippen LogP contribution in [0.1, 0.15) is 25.7 Å². The quantitative estimate of drug-likeness (QED) is 0.598. The summed E-state index contributed by atoms with van der Waals surface area (Å²) in [6.45, 7) is 1.07. The predicted molar refractivity (Wildman–Crippen MR) is 122 cm³/mol. The van der Waals surface area contributed by atoms with Gasteiger partial charge in [-0.3, -0.25) is 4.79 Å². The van der Waals surface area contributed by atoms with Crippen LogP contribution in [-0.4, -0.2) is 67.4 Å². The Balaban J connectivity index is 1.43. The van der Waals surface area contributed by atoms with Gasteiger partial charge in [-0.25, -0.2) is 27.5 Å². The van der Waals surface area contributed by atoms with E-state index in [9.17, 15) is 18.0 Å². The molecule has 0 radical (unpaired) electrons. The number of anilines is 1. The minimum Gasteiger partial charge on any atom is -0.341 e. The molecular weight excluding hydrogens is 444 g/mol. The first-order chi connectivity index (χ1) is 15.9. The van der Waals surface area contributed by atoms with E-state index in [0.29, 0.717) is 19.6 Å². The van der Waals surface area contributed by atoms with E-state index in [2.05, 4.69) is 20.6 Å². The summed E-state index contributed by atoms with van der Waals surface area (Å²) in [7, 11) is -4.03. The number of carbonyl (C=O) groups excluding carboxylic acids is 2. The summed E-state index contributed by atoms with van der Waals surface area (Å²) in [4.78, 5) is 34.9. The summed E-state index contributed by atoms with van der Waals surface area (Å²) >= 11 is 0. The van der Waals surface area contributed by atoms with E-state index < -0.39 is 16.6 Å². The summed E-state index contributed by atoms with van der Waals surface area (Å²) < 4.78 is 27.6. The molecule has 1 aliphatic carbocycles. The van der Waals surface area contributed by atoms with Gasteiger partial charge in [0, 0.05) is 38.1 Å². The molecule has 2 aliphatic rings. The number of amides is 3. The Hall–Kier alpha value is -3.21. The number of benzene rings is 1. The molecule has 1 unspecified atom stereocenters. The highest BCUT2D eigenvalue weighted by Gasteiger charge is 2.32. The van der Waals surface area contributed by atoms with Gasteiger partial charge in [0.1, 0.15) is 6.54 Å². The van der Waals surface area contributed by atoms with Crippen molar-refractivity contribution in [2.75, 3.05) is 30.5 Å². The average Bonchev–Trinajstić information content (AvgIpc) is 3.66. The van der Waals surface area contributed by atoms with E-state index >= 15 is 0 Å². The van der Waals surface area contributed by atoms with Crippen LogP contribution in [0, 0.1) is 5.92 Å². The maximum atomic E-state index is 13.3. The number of piperidine rings is 1. The molecule has 1 aliphatic heterocycles. The Bertz CT molecular complexity index is 1060. The second-order valence-corrected chi connectivity index (χ2v) is 10.2. The highest BCUT2D eigenvalue weighted by Crippen LogP contribution is 2.22. The molecule has 2 aromatic rings. The zero-order valence-electron chi connectivity index (χ0n) is 18.3. The van der Waals surface area contributed by atoms with Gasteiger partial charge in [0.2, 0.25) is 11.9 Å². The van der Waals surface area contributed by atoms with Gasteiger partial charge in [0.15, 0.2) is 0 Å². The molecule has 1 aromatic carbocycles. The molecular formula is C22H28N6O4S. The Morgan fingerprint density at radius 3 is 2.48 bits per heavy atom. The third-order valence-corrected chi connectivity index (χ3v) is 7.46. The second-order valence-electron chi connectivity index (χ2n) is 8.35. The SMILES string of the molecule is O=C(NCC1CCCN(C(=O)CN(c2ncccn2)S(=O)(=O)c2ccccc2)C1)NC1CC1. The number of hydrogen-bond donors (Lipinski definition) is 2. The predicted octanol–water partition coefficient (Wildman–Crippen LogP) is 1.37. The Labute approximate surface area is 193 Å². The summed E-state index contributed by atoms with van der Waals surface area (Å²) in [6.07, 6.45) is 6.60. The van der Waals surface area contributed by atoms with Crippen molar-refractivity contribution < 1.29 is 18.0 Å². The number of nitrogens with zero attached hydrogens (tertiary/aromatic N) is 4. The first kappa shape index (κ1) is 23.0. The number of rotatable bonds is 8. The molecule has 0 bridgehead atoms. The first-order valence-electron chi connectivity index (χ1n) is 11.1. The van der Waals surface area contributed by atoms with Gasteiger partial charge in [-0.1, -0.05) is 18.2 Å². The highest BCUT2D eigenvalue weighted by atomic mass is 32.2. The van der Waals surface area contributed by atoms with E-state index in [0.717, 1.165) is 30.0 Å². The van der Waals surface area contributed by atoms with Crippen LogP contribution < -0.4 is 14.9 Å². The number of urea groups is 1. The monoisotopic (exact) mass is 472 g/mol. The van der Waals surface area contributed by atoms with Gasteiger partial charge < -0.3 is 15.5 Å². The van der Waals surface area contributed by atoms with Gasteiger partial charge in [0.05, 0.1) is 4.90 Å². The van der Waals surface area contributed by atoms with Crippen LogP contribution >= 0.6 is 0 Å². The van der Waals surface area contributed by atoms with Gasteiger partial charge in [0.25, 0.3) is 10.0 Å². The molecule has 1 atom stereocenters. The topological polar surface area (TPSA) is 125 Å². The molecule has 2 N–H and O–H groups in total. The van der Waals surface area contributed by atoms with Gasteiger partial charge in [-0.2, -0.15) is 0 Å². The molecule has 1 saturated heterocycles. The largest absolute Gasteiger partial charge is 0.341 e. The van der Waals surface area contributed by atoms with Crippen LogP contribution in [0.25, 0.3) is 0 Å². The zero-order chi connectivity index (χ0) is 23.3. The maximum absolute atomic E-state index is 13.3. The van der Waals surface area contributed by atoms with Gasteiger partial charge in [-0.15, -0.1) is 0 Å². The smallest absolute Gasteiger partial charge is 0.315 e. The number of carbonyl (C=O) groups is 2. The lowest BCUT2D eigenvalue weighted by atomic mass is 9.98. The van der Waals surface area contributed by atoms with Crippen molar-refractivity contribution in [3.05, 3.63) is 48.8 Å². The first-order valence-corrected chi connectivity index (χ1v) is 12.5. The van der Waals surface area contributed by atoms with Crippen molar-refractivity contribution in [2.45, 2.75) is 36.6 Å². The summed E-state index contributed by atoms with van der Waals surface area (Å²) in [6, 6.07) is 9.62. The Morgan fingerprint density at radius 1 is 1.06 bits per heavy atom. The molecule has 1 saturated carbocycles. The number of sulfonamides is 1. The van der Waals surface area contributed by atoms with Crippen LogP contribution in [0.3, 0.4) is 0 Å². The Morgan fingerprint density at radius 2 is 1.79 bits per heavy atom. The molecule has 2 fully saturated rings. The molecule has 3 amide bonds. The van der Waals surface area contributed by atoms with E-state index in [1.54, 1.807) is 29.2 Å². The third-order valence-electron chi connectivity index (χ3n) is 5.72. The van der Waals surface area contributed by atoms with Gasteiger partial charge >= 0.3 is 6.03 Å². The van der Waals surface area contributed by atoms with Gasteiger partial charge in [-0.05, 0) is 49.8 Å². The third kappa shape index (κ3) is 5.98. The maximum Gasteiger partial charge on any atom is 0.315 e. The molecule has 1 aromatic heterocycles. The molecule has 4 rings (SSSR count). The minimum atomic E-state index is -4.03. The lowest BCUT2D eigenvalue weighted by Crippen LogP contribution is -2.49. The van der Waals surface area contributed by atoms with Crippen LogP contribution in [-0.2, 0) is 14.8 Å². The van der Waals surface area contributed by atoms with Crippen molar-refractivity contribution in [2.24, 2.45) is 5.92 Å². The summed E-state index contributed by atoms with van der Waals surface area (Å²) in [5, 5.41) is 5.77. The molecule has 10 nitrogen and oxygen atoms in total.